The van der Waals surface area contributed by atoms with Gasteiger partial charge in [-0.25, -0.2) is 0 Å². The third-order valence-corrected chi connectivity index (χ3v) is 5.62. The van der Waals surface area contributed by atoms with Crippen LogP contribution in [0.5, 0.6) is 0 Å². The van der Waals surface area contributed by atoms with Gasteiger partial charge in [-0.2, -0.15) is 0 Å². The van der Waals surface area contributed by atoms with Crippen LogP contribution in [-0.4, -0.2) is 37.0 Å². The lowest BCUT2D eigenvalue weighted by Gasteiger charge is -2.31. The Labute approximate surface area is 163 Å². The molecule has 0 unspecified atom stereocenters. The zero-order valence-electron chi connectivity index (χ0n) is 16.3. The lowest BCUT2D eigenvalue weighted by atomic mass is 9.90. The number of nitrogens with zero attached hydrogens (tertiary/aromatic N) is 1. The third kappa shape index (κ3) is 7.18. The number of amides is 1. The summed E-state index contributed by atoms with van der Waals surface area (Å²) in [5, 5.41) is 3.05. The van der Waals surface area contributed by atoms with Crippen molar-refractivity contribution in [1.29, 1.82) is 0 Å². The number of benzene rings is 2. The first kappa shape index (κ1) is 19.6. The van der Waals surface area contributed by atoms with E-state index in [1.54, 1.807) is 0 Å². The molecule has 0 spiro atoms. The van der Waals surface area contributed by atoms with Gasteiger partial charge in [0.15, 0.2) is 0 Å². The first-order valence-electron chi connectivity index (χ1n) is 10.4. The Bertz CT molecular complexity index is 663. The van der Waals surface area contributed by atoms with Crippen molar-refractivity contribution < 1.29 is 4.79 Å². The van der Waals surface area contributed by atoms with Crippen LogP contribution in [0.15, 0.2) is 60.7 Å². The number of carbonyl (C=O) groups is 1. The molecular weight excluding hydrogens is 332 g/mol. The molecule has 1 saturated heterocycles. The Balaban J connectivity index is 1.25. The van der Waals surface area contributed by atoms with Crippen molar-refractivity contribution in [1.82, 2.24) is 10.2 Å². The first-order chi connectivity index (χ1) is 13.3. The van der Waals surface area contributed by atoms with Crippen molar-refractivity contribution in [2.75, 3.05) is 26.2 Å². The fraction of sp³-hybridized carbons (Fsp3) is 0.458. The second-order valence-corrected chi connectivity index (χ2v) is 7.64. The number of piperidine rings is 1. The van der Waals surface area contributed by atoms with Gasteiger partial charge >= 0.3 is 0 Å². The predicted molar refractivity (Wildman–Crippen MR) is 112 cm³/mol. The van der Waals surface area contributed by atoms with Crippen LogP contribution in [0.25, 0.3) is 0 Å². The number of nitrogens with one attached hydrogen (secondary N) is 1. The minimum atomic E-state index is 0.178. The van der Waals surface area contributed by atoms with Gasteiger partial charge in [0.05, 0.1) is 0 Å². The fourth-order valence-electron chi connectivity index (χ4n) is 3.85. The number of aryl methyl sites for hydroxylation is 1. The van der Waals surface area contributed by atoms with E-state index in [9.17, 15) is 4.79 Å². The number of hydrogen-bond acceptors (Lipinski definition) is 2. The average Bonchev–Trinajstić information content (AvgIpc) is 2.73. The van der Waals surface area contributed by atoms with Crippen molar-refractivity contribution in [2.24, 2.45) is 5.92 Å². The monoisotopic (exact) mass is 364 g/mol. The van der Waals surface area contributed by atoms with Crippen LogP contribution in [-0.2, 0) is 17.6 Å². The molecule has 0 saturated carbocycles. The Morgan fingerprint density at radius 2 is 1.48 bits per heavy atom. The van der Waals surface area contributed by atoms with E-state index < -0.39 is 0 Å². The molecular formula is C24H32N2O. The van der Waals surface area contributed by atoms with Crippen molar-refractivity contribution in [3.05, 3.63) is 71.8 Å². The number of carbonyl (C=O) groups excluding carboxylic acids is 1. The van der Waals surface area contributed by atoms with Crippen molar-refractivity contribution in [2.45, 2.75) is 38.5 Å². The van der Waals surface area contributed by atoms with Crippen LogP contribution < -0.4 is 5.32 Å². The molecule has 2 aromatic rings. The highest BCUT2D eigenvalue weighted by Gasteiger charge is 2.19. The molecule has 1 aliphatic rings. The number of hydrogen-bond donors (Lipinski definition) is 1. The van der Waals surface area contributed by atoms with Gasteiger partial charge in [0.25, 0.3) is 0 Å². The van der Waals surface area contributed by atoms with E-state index >= 15 is 0 Å². The van der Waals surface area contributed by atoms with E-state index in [4.69, 9.17) is 0 Å². The molecule has 1 aliphatic heterocycles. The summed E-state index contributed by atoms with van der Waals surface area (Å²) in [4.78, 5) is 14.5. The molecule has 3 rings (SSSR count). The summed E-state index contributed by atoms with van der Waals surface area (Å²) in [5.41, 5.74) is 2.72. The normalized spacial score (nSPS) is 15.6. The van der Waals surface area contributed by atoms with E-state index in [-0.39, 0.29) is 5.91 Å². The molecule has 3 heteroatoms. The standard InChI is InChI=1S/C24H32N2O/c27-24(25-17-13-22-9-5-2-6-10-22)16-20-26-18-14-23(15-19-26)12-11-21-7-3-1-4-8-21/h1-10,23H,11-20H2,(H,25,27). The largest absolute Gasteiger partial charge is 0.356 e. The third-order valence-electron chi connectivity index (χ3n) is 5.62. The van der Waals surface area contributed by atoms with Crippen LogP contribution in [0, 0.1) is 5.92 Å². The van der Waals surface area contributed by atoms with Gasteiger partial charge in [0.1, 0.15) is 0 Å². The van der Waals surface area contributed by atoms with Gasteiger partial charge in [-0.15, -0.1) is 0 Å². The maximum Gasteiger partial charge on any atom is 0.221 e. The fourth-order valence-corrected chi connectivity index (χ4v) is 3.85. The molecule has 144 valence electrons. The summed E-state index contributed by atoms with van der Waals surface area (Å²) in [6, 6.07) is 21.1. The lowest BCUT2D eigenvalue weighted by Crippen LogP contribution is -2.37. The molecule has 0 radical (unpaired) electrons. The minimum absolute atomic E-state index is 0.178. The Hall–Kier alpha value is -2.13. The van der Waals surface area contributed by atoms with E-state index in [0.717, 1.165) is 38.5 Å². The van der Waals surface area contributed by atoms with E-state index in [1.807, 2.05) is 18.2 Å². The summed E-state index contributed by atoms with van der Waals surface area (Å²) in [6.07, 6.45) is 6.53. The van der Waals surface area contributed by atoms with Crippen molar-refractivity contribution in [3.8, 4) is 0 Å². The highest BCUT2D eigenvalue weighted by molar-refractivity contribution is 5.76. The SMILES string of the molecule is O=C(CCN1CCC(CCc2ccccc2)CC1)NCCc1ccccc1. The lowest BCUT2D eigenvalue weighted by molar-refractivity contribution is -0.121. The highest BCUT2D eigenvalue weighted by Crippen LogP contribution is 2.22. The van der Waals surface area contributed by atoms with E-state index in [0.29, 0.717) is 6.42 Å². The molecule has 0 aromatic heterocycles. The Kier molecular flexibility index (Phi) is 7.91. The molecule has 0 atom stereocenters. The van der Waals surface area contributed by atoms with Crippen LogP contribution in [0.1, 0.15) is 36.8 Å². The molecule has 1 heterocycles. The van der Waals surface area contributed by atoms with E-state index in [1.165, 1.54) is 36.8 Å². The first-order valence-corrected chi connectivity index (χ1v) is 10.4. The molecule has 1 amide bonds. The van der Waals surface area contributed by atoms with Gasteiger partial charge in [-0.05, 0) is 62.2 Å². The molecule has 27 heavy (non-hydrogen) atoms. The van der Waals surface area contributed by atoms with Gasteiger partial charge in [0, 0.05) is 19.5 Å². The van der Waals surface area contributed by atoms with Gasteiger partial charge in [0.2, 0.25) is 5.91 Å². The molecule has 0 bridgehead atoms. The van der Waals surface area contributed by atoms with Crippen molar-refractivity contribution in [3.63, 3.8) is 0 Å². The summed E-state index contributed by atoms with van der Waals surface area (Å²) >= 11 is 0. The minimum Gasteiger partial charge on any atom is -0.356 e. The zero-order valence-corrected chi connectivity index (χ0v) is 16.3. The molecule has 3 nitrogen and oxygen atoms in total. The summed E-state index contributed by atoms with van der Waals surface area (Å²) < 4.78 is 0. The maximum absolute atomic E-state index is 12.1. The summed E-state index contributed by atoms with van der Waals surface area (Å²) in [7, 11) is 0. The zero-order chi connectivity index (χ0) is 18.7. The summed E-state index contributed by atoms with van der Waals surface area (Å²) in [6.45, 7) is 3.89. The topological polar surface area (TPSA) is 32.3 Å². The van der Waals surface area contributed by atoms with Crippen molar-refractivity contribution >= 4 is 5.91 Å². The van der Waals surface area contributed by atoms with Gasteiger partial charge in [-0.3, -0.25) is 4.79 Å². The Morgan fingerprint density at radius 1 is 0.889 bits per heavy atom. The van der Waals surface area contributed by atoms with Gasteiger partial charge < -0.3 is 10.2 Å². The second kappa shape index (κ2) is 10.9. The van der Waals surface area contributed by atoms with Crippen LogP contribution in [0.2, 0.25) is 0 Å². The van der Waals surface area contributed by atoms with Crippen LogP contribution in [0.3, 0.4) is 0 Å². The highest BCUT2D eigenvalue weighted by atomic mass is 16.1. The van der Waals surface area contributed by atoms with Crippen LogP contribution in [0.4, 0.5) is 0 Å². The molecule has 1 N–H and O–H groups in total. The molecule has 0 aliphatic carbocycles. The summed E-state index contributed by atoms with van der Waals surface area (Å²) in [5.74, 6) is 1.01. The molecule has 1 fully saturated rings. The Morgan fingerprint density at radius 3 is 2.11 bits per heavy atom. The second-order valence-electron chi connectivity index (χ2n) is 7.64. The van der Waals surface area contributed by atoms with E-state index in [2.05, 4.69) is 52.7 Å². The number of rotatable bonds is 9. The van der Waals surface area contributed by atoms with Crippen LogP contribution >= 0.6 is 0 Å². The van der Waals surface area contributed by atoms with Gasteiger partial charge in [-0.1, -0.05) is 60.7 Å². The molecule has 2 aromatic carbocycles. The number of likely N-dealkylation sites (tertiary alicyclic amines) is 1. The smallest absolute Gasteiger partial charge is 0.221 e. The quantitative estimate of drug-likeness (QED) is 0.727. The predicted octanol–water partition coefficient (Wildman–Crippen LogP) is 4.08. The maximum atomic E-state index is 12.1. The average molecular weight is 365 g/mol.